The summed E-state index contributed by atoms with van der Waals surface area (Å²) in [7, 11) is 0. The first-order chi connectivity index (χ1) is 14.9. The highest BCUT2D eigenvalue weighted by Gasteiger charge is 2.19. The third kappa shape index (κ3) is 4.73. The summed E-state index contributed by atoms with van der Waals surface area (Å²) in [5.41, 5.74) is 4.48. The molecule has 0 unspecified atom stereocenters. The molecule has 4 rings (SSSR count). The molecule has 1 aliphatic rings. The largest absolute Gasteiger partial charge is 0.360 e. The summed E-state index contributed by atoms with van der Waals surface area (Å²) < 4.78 is 7.13. The lowest BCUT2D eigenvalue weighted by Crippen LogP contribution is -2.45. The predicted molar refractivity (Wildman–Crippen MR) is 122 cm³/mol. The van der Waals surface area contributed by atoms with Crippen LogP contribution in [0.5, 0.6) is 0 Å². The maximum Gasteiger partial charge on any atom is 0.257 e. The Bertz CT molecular complexity index is 1040. The molecule has 164 valence electrons. The van der Waals surface area contributed by atoms with Gasteiger partial charge in [-0.05, 0) is 51.1 Å². The molecule has 7 heteroatoms. The average molecular weight is 422 g/mol. The zero-order chi connectivity index (χ0) is 22.0. The van der Waals surface area contributed by atoms with Crippen molar-refractivity contribution in [2.45, 2.75) is 34.2 Å². The minimum Gasteiger partial charge on any atom is -0.360 e. The first-order valence-electron chi connectivity index (χ1n) is 10.9. The van der Waals surface area contributed by atoms with Gasteiger partial charge in [0.15, 0.2) is 5.82 Å². The monoisotopic (exact) mass is 421 g/mol. The van der Waals surface area contributed by atoms with Crippen LogP contribution in [0.2, 0.25) is 0 Å². The second kappa shape index (κ2) is 9.08. The smallest absolute Gasteiger partial charge is 0.257 e. The lowest BCUT2D eigenvalue weighted by Gasteiger charge is -2.34. The van der Waals surface area contributed by atoms with E-state index in [9.17, 15) is 4.79 Å². The minimum absolute atomic E-state index is 0.122. The first kappa shape index (κ1) is 21.3. The Kier molecular flexibility index (Phi) is 6.25. The molecule has 0 atom stereocenters. The van der Waals surface area contributed by atoms with Crippen molar-refractivity contribution in [2.75, 3.05) is 38.0 Å². The Balaban J connectivity index is 1.40. The number of amides is 1. The molecule has 2 aromatic heterocycles. The predicted octanol–water partition coefficient (Wildman–Crippen LogP) is 3.78. The Hall–Kier alpha value is -2.90. The van der Waals surface area contributed by atoms with E-state index in [1.807, 2.05) is 49.6 Å². The Morgan fingerprint density at radius 2 is 1.71 bits per heavy atom. The summed E-state index contributed by atoms with van der Waals surface area (Å²) in [4.78, 5) is 17.9. The van der Waals surface area contributed by atoms with Crippen LogP contribution in [-0.4, -0.2) is 58.2 Å². The molecule has 1 fully saturated rings. The van der Waals surface area contributed by atoms with E-state index >= 15 is 0 Å². The van der Waals surface area contributed by atoms with Gasteiger partial charge >= 0.3 is 0 Å². The van der Waals surface area contributed by atoms with Gasteiger partial charge in [-0.2, -0.15) is 0 Å². The highest BCUT2D eigenvalue weighted by Crippen LogP contribution is 2.22. The molecule has 0 radical (unpaired) electrons. The van der Waals surface area contributed by atoms with Gasteiger partial charge in [-0.1, -0.05) is 24.2 Å². The van der Waals surface area contributed by atoms with E-state index in [2.05, 4.69) is 39.3 Å². The van der Waals surface area contributed by atoms with Crippen molar-refractivity contribution in [2.24, 2.45) is 0 Å². The van der Waals surface area contributed by atoms with E-state index < -0.39 is 0 Å². The molecule has 1 aromatic carbocycles. The van der Waals surface area contributed by atoms with Gasteiger partial charge in [0, 0.05) is 55.9 Å². The summed E-state index contributed by atoms with van der Waals surface area (Å²) in [6, 6.07) is 11.9. The van der Waals surface area contributed by atoms with E-state index in [-0.39, 0.29) is 5.91 Å². The van der Waals surface area contributed by atoms with Crippen LogP contribution in [0, 0.1) is 20.8 Å². The molecule has 0 saturated carbocycles. The van der Waals surface area contributed by atoms with Gasteiger partial charge in [-0.25, -0.2) is 0 Å². The summed E-state index contributed by atoms with van der Waals surface area (Å²) in [6.45, 7) is 14.5. The molecular weight excluding hydrogens is 390 g/mol. The second-order valence-corrected chi connectivity index (χ2v) is 8.28. The molecule has 1 N–H and O–H groups in total. The van der Waals surface area contributed by atoms with Crippen molar-refractivity contribution in [3.05, 3.63) is 64.7 Å². The summed E-state index contributed by atoms with van der Waals surface area (Å²) >= 11 is 0. The van der Waals surface area contributed by atoms with E-state index in [1.165, 1.54) is 5.56 Å². The number of anilines is 1. The lowest BCUT2D eigenvalue weighted by atomic mass is 10.1. The fraction of sp³-hybridized carbons (Fsp3) is 0.417. The quantitative estimate of drug-likeness (QED) is 0.656. The number of aryl methyl sites for hydroxylation is 2. The number of carbonyl (C=O) groups excluding carboxylic acids is 1. The van der Waals surface area contributed by atoms with Crippen molar-refractivity contribution < 1.29 is 9.32 Å². The van der Waals surface area contributed by atoms with Gasteiger partial charge in [-0.3, -0.25) is 14.3 Å². The van der Waals surface area contributed by atoms with Crippen molar-refractivity contribution >= 4 is 11.6 Å². The third-order valence-electron chi connectivity index (χ3n) is 6.05. The number of benzene rings is 1. The van der Waals surface area contributed by atoms with Gasteiger partial charge in [0.2, 0.25) is 0 Å². The fourth-order valence-corrected chi connectivity index (χ4v) is 4.22. The summed E-state index contributed by atoms with van der Waals surface area (Å²) in [5, 5.41) is 7.10. The van der Waals surface area contributed by atoms with Gasteiger partial charge < -0.3 is 14.7 Å². The number of nitrogens with one attached hydrogen (secondary N) is 1. The standard InChI is InChI=1S/C24H31N5O2/c1-5-27-10-12-28(13-11-27)16-20-6-8-21(9-7-20)25-24(30)22-14-17(2)29(19(22)4)23-15-18(3)31-26-23/h6-9,14-15H,5,10-13,16H2,1-4H3,(H,25,30). The van der Waals surface area contributed by atoms with Gasteiger partial charge in [0.25, 0.3) is 5.91 Å². The van der Waals surface area contributed by atoms with E-state index in [4.69, 9.17) is 4.52 Å². The Morgan fingerprint density at radius 1 is 1.03 bits per heavy atom. The molecule has 0 spiro atoms. The van der Waals surface area contributed by atoms with Crippen molar-refractivity contribution in [3.8, 4) is 5.82 Å². The van der Waals surface area contributed by atoms with E-state index in [0.717, 1.165) is 62.1 Å². The lowest BCUT2D eigenvalue weighted by molar-refractivity contribution is 0.102. The second-order valence-electron chi connectivity index (χ2n) is 8.28. The highest BCUT2D eigenvalue weighted by molar-refractivity contribution is 6.05. The number of likely N-dealkylation sites (N-methyl/N-ethyl adjacent to an activating group) is 1. The molecule has 3 aromatic rings. The maximum absolute atomic E-state index is 12.9. The van der Waals surface area contributed by atoms with Crippen molar-refractivity contribution in [1.29, 1.82) is 0 Å². The van der Waals surface area contributed by atoms with Crippen LogP contribution in [0.15, 0.2) is 40.9 Å². The zero-order valence-electron chi connectivity index (χ0n) is 18.8. The van der Waals surface area contributed by atoms with Crippen molar-refractivity contribution in [1.82, 2.24) is 19.5 Å². The number of hydrogen-bond donors (Lipinski definition) is 1. The first-order valence-corrected chi connectivity index (χ1v) is 10.9. The number of hydrogen-bond acceptors (Lipinski definition) is 5. The van der Waals surface area contributed by atoms with E-state index in [0.29, 0.717) is 11.4 Å². The van der Waals surface area contributed by atoms with Crippen LogP contribution in [0.1, 0.15) is 40.0 Å². The number of carbonyl (C=O) groups is 1. The molecule has 1 aliphatic heterocycles. The molecule has 1 saturated heterocycles. The average Bonchev–Trinajstić information content (AvgIpc) is 3.32. The topological polar surface area (TPSA) is 66.5 Å². The fourth-order valence-electron chi connectivity index (χ4n) is 4.22. The molecule has 31 heavy (non-hydrogen) atoms. The Labute approximate surface area is 183 Å². The SMILES string of the molecule is CCN1CCN(Cc2ccc(NC(=O)c3cc(C)n(-c4cc(C)on4)c3C)cc2)CC1. The van der Waals surface area contributed by atoms with Crippen LogP contribution in [0.25, 0.3) is 5.82 Å². The zero-order valence-corrected chi connectivity index (χ0v) is 18.8. The molecule has 1 amide bonds. The van der Waals surface area contributed by atoms with Gasteiger partial charge in [-0.15, -0.1) is 0 Å². The third-order valence-corrected chi connectivity index (χ3v) is 6.05. The van der Waals surface area contributed by atoms with Crippen LogP contribution in [0.3, 0.4) is 0 Å². The molecule has 0 aliphatic carbocycles. The number of aromatic nitrogens is 2. The van der Waals surface area contributed by atoms with E-state index in [1.54, 1.807) is 0 Å². The molecular formula is C24H31N5O2. The van der Waals surface area contributed by atoms with Crippen LogP contribution >= 0.6 is 0 Å². The maximum atomic E-state index is 12.9. The number of rotatable bonds is 6. The van der Waals surface area contributed by atoms with Crippen LogP contribution < -0.4 is 5.32 Å². The summed E-state index contributed by atoms with van der Waals surface area (Å²) in [6.07, 6.45) is 0. The van der Waals surface area contributed by atoms with Crippen LogP contribution in [0.4, 0.5) is 5.69 Å². The van der Waals surface area contributed by atoms with Gasteiger partial charge in [0.05, 0.1) is 5.56 Å². The van der Waals surface area contributed by atoms with Gasteiger partial charge in [0.1, 0.15) is 5.76 Å². The normalized spacial score (nSPS) is 15.4. The molecule has 3 heterocycles. The Morgan fingerprint density at radius 3 is 2.32 bits per heavy atom. The highest BCUT2D eigenvalue weighted by atomic mass is 16.5. The molecule has 0 bridgehead atoms. The molecule has 7 nitrogen and oxygen atoms in total. The minimum atomic E-state index is -0.122. The van der Waals surface area contributed by atoms with Crippen molar-refractivity contribution in [3.63, 3.8) is 0 Å². The number of piperazine rings is 1. The van der Waals surface area contributed by atoms with Crippen LogP contribution in [-0.2, 0) is 6.54 Å². The number of nitrogens with zero attached hydrogens (tertiary/aromatic N) is 4. The summed E-state index contributed by atoms with van der Waals surface area (Å²) in [5.74, 6) is 1.31.